The molecule has 0 fully saturated rings. The van der Waals surface area contributed by atoms with E-state index in [1.54, 1.807) is 37.3 Å². The Balaban J connectivity index is 2.19. The molecule has 0 aliphatic rings. The molecule has 0 aliphatic heterocycles. The number of aliphatic hydroxyl groups is 1. The van der Waals surface area contributed by atoms with Crippen molar-refractivity contribution in [1.29, 1.82) is 0 Å². The van der Waals surface area contributed by atoms with Crippen LogP contribution in [0.25, 0.3) is 0 Å². The van der Waals surface area contributed by atoms with Crippen LogP contribution < -0.4 is 21.7 Å². The van der Waals surface area contributed by atoms with Crippen molar-refractivity contribution in [3.05, 3.63) is 71.8 Å². The molecule has 10 heteroatoms. The molecule has 0 saturated carbocycles. The summed E-state index contributed by atoms with van der Waals surface area (Å²) >= 11 is 0. The molecule has 0 aromatic heterocycles. The summed E-state index contributed by atoms with van der Waals surface area (Å²) in [5.74, 6) is -3.65. The van der Waals surface area contributed by atoms with E-state index in [4.69, 9.17) is 5.73 Å². The normalized spacial score (nSPS) is 15.7. The predicted molar refractivity (Wildman–Crippen MR) is 143 cm³/mol. The van der Waals surface area contributed by atoms with Crippen LogP contribution in [-0.2, 0) is 32.0 Å². The van der Waals surface area contributed by atoms with Crippen molar-refractivity contribution in [2.75, 3.05) is 0 Å². The van der Waals surface area contributed by atoms with Crippen molar-refractivity contribution >= 4 is 23.7 Å². The lowest BCUT2D eigenvalue weighted by Gasteiger charge is -2.27. The zero-order valence-corrected chi connectivity index (χ0v) is 22.0. The second-order valence-corrected chi connectivity index (χ2v) is 9.48. The van der Waals surface area contributed by atoms with E-state index in [1.807, 2.05) is 37.3 Å². The molecule has 2 aromatic rings. The number of carbonyl (C=O) groups excluding carboxylic acids is 3. The highest BCUT2D eigenvalue weighted by Crippen LogP contribution is 2.10. The van der Waals surface area contributed by atoms with E-state index in [1.165, 1.54) is 6.92 Å². The maximum atomic E-state index is 13.2. The second kappa shape index (κ2) is 14.8. The van der Waals surface area contributed by atoms with Gasteiger partial charge < -0.3 is 31.9 Å². The molecule has 0 spiro atoms. The lowest BCUT2D eigenvalue weighted by molar-refractivity contribution is -0.144. The molecule has 10 nitrogen and oxygen atoms in total. The van der Waals surface area contributed by atoms with Crippen molar-refractivity contribution in [3.63, 3.8) is 0 Å². The fourth-order valence-electron chi connectivity index (χ4n) is 3.88. The lowest BCUT2D eigenvalue weighted by Crippen LogP contribution is -2.60. The zero-order chi connectivity index (χ0) is 28.2. The Labute approximate surface area is 223 Å². The van der Waals surface area contributed by atoms with Crippen LogP contribution in [0.5, 0.6) is 0 Å². The van der Waals surface area contributed by atoms with Crippen molar-refractivity contribution in [3.8, 4) is 0 Å². The van der Waals surface area contributed by atoms with Gasteiger partial charge in [0, 0.05) is 6.42 Å². The number of aliphatic carboxylic acids is 1. The standard InChI is InChI=1S/C28H38N4O6/c1-4-17(2)23(28(37)38)31-26(35)22(16-20-13-9-6-10-14-20)30-27(36)24(18(3)33)32-25(34)21(29)15-19-11-7-5-8-12-19/h5-14,17-18,21-24,33H,4,15-16,29H2,1-3H3,(H,30,36)(H,31,35)(H,32,34)(H,37,38). The number of hydrogen-bond acceptors (Lipinski definition) is 6. The topological polar surface area (TPSA) is 171 Å². The summed E-state index contributed by atoms with van der Waals surface area (Å²) in [5.41, 5.74) is 7.59. The van der Waals surface area contributed by atoms with Gasteiger partial charge >= 0.3 is 5.97 Å². The summed E-state index contributed by atoms with van der Waals surface area (Å²) in [6.07, 6.45) is -0.479. The van der Waals surface area contributed by atoms with E-state index >= 15 is 0 Å². The summed E-state index contributed by atoms with van der Waals surface area (Å²) in [6.45, 7) is 4.86. The van der Waals surface area contributed by atoms with Crippen LogP contribution in [0.2, 0.25) is 0 Å². The number of carboxylic acids is 1. The minimum absolute atomic E-state index is 0.0687. The van der Waals surface area contributed by atoms with Crippen LogP contribution >= 0.6 is 0 Å². The summed E-state index contributed by atoms with van der Waals surface area (Å²) in [7, 11) is 0. The molecule has 2 aromatic carbocycles. The number of amides is 3. The number of carboxylic acid groups (broad SMARTS) is 1. The number of nitrogens with two attached hydrogens (primary N) is 1. The highest BCUT2D eigenvalue weighted by Gasteiger charge is 2.33. The Bertz CT molecular complexity index is 1060. The van der Waals surface area contributed by atoms with Gasteiger partial charge in [-0.25, -0.2) is 4.79 Å². The Morgan fingerprint density at radius 1 is 0.763 bits per heavy atom. The summed E-state index contributed by atoms with van der Waals surface area (Å²) < 4.78 is 0. The first-order valence-electron chi connectivity index (χ1n) is 12.7. The summed E-state index contributed by atoms with van der Waals surface area (Å²) in [5, 5.41) is 27.5. The molecule has 3 amide bonds. The smallest absolute Gasteiger partial charge is 0.326 e. The van der Waals surface area contributed by atoms with Crippen molar-refractivity contribution in [1.82, 2.24) is 16.0 Å². The molecule has 206 valence electrons. The predicted octanol–water partition coefficient (Wildman–Crippen LogP) is 0.765. The Morgan fingerprint density at radius 3 is 1.74 bits per heavy atom. The average Bonchev–Trinajstić information content (AvgIpc) is 2.89. The molecule has 0 heterocycles. The van der Waals surface area contributed by atoms with Crippen molar-refractivity contribution < 1.29 is 29.4 Å². The maximum Gasteiger partial charge on any atom is 0.326 e. The Hall–Kier alpha value is -3.76. The van der Waals surface area contributed by atoms with Gasteiger partial charge in [0.2, 0.25) is 17.7 Å². The minimum Gasteiger partial charge on any atom is -0.480 e. The molecular formula is C28H38N4O6. The van der Waals surface area contributed by atoms with E-state index in [9.17, 15) is 29.4 Å². The van der Waals surface area contributed by atoms with Gasteiger partial charge in [-0.3, -0.25) is 14.4 Å². The van der Waals surface area contributed by atoms with Crippen molar-refractivity contribution in [2.24, 2.45) is 11.7 Å². The van der Waals surface area contributed by atoms with Crippen LogP contribution in [-0.4, -0.2) is 64.2 Å². The largest absolute Gasteiger partial charge is 0.480 e. The molecule has 6 unspecified atom stereocenters. The van der Waals surface area contributed by atoms with Crippen LogP contribution in [0.4, 0.5) is 0 Å². The number of nitrogens with one attached hydrogen (secondary N) is 3. The number of benzene rings is 2. The number of carbonyl (C=O) groups is 4. The molecule has 38 heavy (non-hydrogen) atoms. The first-order valence-corrected chi connectivity index (χ1v) is 12.7. The summed E-state index contributed by atoms with van der Waals surface area (Å²) in [6, 6.07) is 13.4. The van der Waals surface area contributed by atoms with E-state index in [0.717, 1.165) is 11.1 Å². The molecule has 0 saturated heterocycles. The van der Waals surface area contributed by atoms with E-state index in [-0.39, 0.29) is 18.8 Å². The van der Waals surface area contributed by atoms with Gasteiger partial charge in [0.05, 0.1) is 12.1 Å². The minimum atomic E-state index is -1.39. The van der Waals surface area contributed by atoms with Crippen LogP contribution in [0.1, 0.15) is 38.3 Å². The third-order valence-electron chi connectivity index (χ3n) is 6.39. The first-order chi connectivity index (χ1) is 18.0. The molecule has 2 rings (SSSR count). The molecule has 0 bridgehead atoms. The number of rotatable bonds is 14. The maximum absolute atomic E-state index is 13.2. The highest BCUT2D eigenvalue weighted by atomic mass is 16.4. The Morgan fingerprint density at radius 2 is 1.26 bits per heavy atom. The second-order valence-electron chi connectivity index (χ2n) is 9.48. The Kier molecular flexibility index (Phi) is 11.9. The van der Waals surface area contributed by atoms with Gasteiger partial charge in [-0.2, -0.15) is 0 Å². The fourth-order valence-corrected chi connectivity index (χ4v) is 3.88. The van der Waals surface area contributed by atoms with E-state index < -0.39 is 54.0 Å². The fraction of sp³-hybridized carbons (Fsp3) is 0.429. The first kappa shape index (κ1) is 30.5. The molecular weight excluding hydrogens is 488 g/mol. The quantitative estimate of drug-likeness (QED) is 0.211. The molecule has 7 N–H and O–H groups in total. The number of aliphatic hydroxyl groups excluding tert-OH is 1. The van der Waals surface area contributed by atoms with E-state index in [2.05, 4.69) is 16.0 Å². The highest BCUT2D eigenvalue weighted by molar-refractivity contribution is 5.94. The van der Waals surface area contributed by atoms with E-state index in [0.29, 0.717) is 6.42 Å². The molecule has 6 atom stereocenters. The molecule has 0 radical (unpaired) electrons. The van der Waals surface area contributed by atoms with Gasteiger partial charge in [0.15, 0.2) is 0 Å². The van der Waals surface area contributed by atoms with Crippen LogP contribution in [0, 0.1) is 5.92 Å². The van der Waals surface area contributed by atoms with Crippen LogP contribution in [0.3, 0.4) is 0 Å². The van der Waals surface area contributed by atoms with Crippen LogP contribution in [0.15, 0.2) is 60.7 Å². The van der Waals surface area contributed by atoms with Gasteiger partial charge in [-0.15, -0.1) is 0 Å². The monoisotopic (exact) mass is 526 g/mol. The van der Waals surface area contributed by atoms with Gasteiger partial charge in [0.1, 0.15) is 18.1 Å². The lowest BCUT2D eigenvalue weighted by atomic mass is 9.98. The summed E-state index contributed by atoms with van der Waals surface area (Å²) in [4.78, 5) is 50.9. The third kappa shape index (κ3) is 9.28. The van der Waals surface area contributed by atoms with Gasteiger partial charge in [-0.05, 0) is 30.4 Å². The van der Waals surface area contributed by atoms with Crippen molar-refractivity contribution in [2.45, 2.75) is 70.3 Å². The van der Waals surface area contributed by atoms with Gasteiger partial charge in [-0.1, -0.05) is 80.9 Å². The third-order valence-corrected chi connectivity index (χ3v) is 6.39. The molecule has 0 aliphatic carbocycles. The number of hydrogen-bond donors (Lipinski definition) is 6. The SMILES string of the molecule is CCC(C)C(NC(=O)C(Cc1ccccc1)NC(=O)C(NC(=O)C(N)Cc1ccccc1)C(C)O)C(=O)O. The average molecular weight is 527 g/mol. The van der Waals surface area contributed by atoms with Gasteiger partial charge in [0.25, 0.3) is 0 Å². The zero-order valence-electron chi connectivity index (χ0n) is 22.0.